The fourth-order valence-corrected chi connectivity index (χ4v) is 4.23. The minimum atomic E-state index is -0.841. The molecule has 0 saturated carbocycles. The maximum absolute atomic E-state index is 12.7. The van der Waals surface area contributed by atoms with Crippen LogP contribution in [-0.2, 0) is 10.5 Å². The van der Waals surface area contributed by atoms with E-state index in [9.17, 15) is 19.7 Å². The van der Waals surface area contributed by atoms with Crippen molar-refractivity contribution in [3.05, 3.63) is 98.2 Å². The van der Waals surface area contributed by atoms with E-state index < -0.39 is 22.8 Å². The summed E-state index contributed by atoms with van der Waals surface area (Å²) in [6, 6.07) is 17.9. The van der Waals surface area contributed by atoms with Crippen LogP contribution in [0.1, 0.15) is 20.8 Å². The van der Waals surface area contributed by atoms with Crippen molar-refractivity contribution in [2.24, 2.45) is 5.10 Å². The molecule has 0 aliphatic carbocycles. The van der Waals surface area contributed by atoms with E-state index in [0.717, 1.165) is 10.4 Å². The van der Waals surface area contributed by atoms with Gasteiger partial charge in [0.05, 0.1) is 11.1 Å². The second-order valence-corrected chi connectivity index (χ2v) is 8.59. The summed E-state index contributed by atoms with van der Waals surface area (Å²) in [4.78, 5) is 36.5. The number of nitrogens with zero attached hydrogens (tertiary/aromatic N) is 2. The van der Waals surface area contributed by atoms with Crippen LogP contribution in [0.3, 0.4) is 0 Å². The van der Waals surface area contributed by atoms with E-state index in [4.69, 9.17) is 0 Å². The maximum atomic E-state index is 12.7. The first kappa shape index (κ1) is 23.2. The number of hydrogen-bond donors (Lipinski definition) is 2. The van der Waals surface area contributed by atoms with Crippen molar-refractivity contribution in [2.45, 2.75) is 11.8 Å². The van der Waals surface area contributed by atoms with Crippen molar-refractivity contribution in [1.82, 2.24) is 10.7 Å². The predicted molar refractivity (Wildman–Crippen MR) is 127 cm³/mol. The van der Waals surface area contributed by atoms with E-state index in [0.29, 0.717) is 11.5 Å². The Morgan fingerprint density at radius 2 is 1.84 bits per heavy atom. The largest absolute Gasteiger partial charge is 0.339 e. The zero-order valence-electron chi connectivity index (χ0n) is 16.8. The van der Waals surface area contributed by atoms with Crippen LogP contribution in [0.5, 0.6) is 0 Å². The van der Waals surface area contributed by atoms with Gasteiger partial charge < -0.3 is 5.32 Å². The summed E-state index contributed by atoms with van der Waals surface area (Å²) in [5, 5.41) is 19.4. The number of rotatable bonds is 10. The molecule has 0 saturated heterocycles. The number of benzene rings is 2. The number of hydrogen-bond acceptors (Lipinski definition) is 7. The molecule has 0 aliphatic heterocycles. The van der Waals surface area contributed by atoms with Gasteiger partial charge >= 0.3 is 0 Å². The van der Waals surface area contributed by atoms with Gasteiger partial charge in [0.15, 0.2) is 0 Å². The molecule has 0 radical (unpaired) electrons. The van der Waals surface area contributed by atoms with Gasteiger partial charge in [0.2, 0.25) is 0 Å². The molecule has 32 heavy (non-hydrogen) atoms. The van der Waals surface area contributed by atoms with E-state index in [1.54, 1.807) is 0 Å². The number of nitro groups is 1. The third kappa shape index (κ3) is 7.03. The van der Waals surface area contributed by atoms with E-state index >= 15 is 0 Å². The molecule has 164 valence electrons. The Bertz CT molecular complexity index is 1070. The van der Waals surface area contributed by atoms with Gasteiger partial charge in [0.25, 0.3) is 17.5 Å². The minimum Gasteiger partial charge on any atom is -0.339 e. The Balaban J connectivity index is 1.64. The van der Waals surface area contributed by atoms with Crippen molar-refractivity contribution in [3.8, 4) is 0 Å². The molecule has 10 heteroatoms. The van der Waals surface area contributed by atoms with Gasteiger partial charge in [-0.3, -0.25) is 19.7 Å². The molecule has 3 aromatic rings. The van der Waals surface area contributed by atoms with Crippen LogP contribution in [0.15, 0.2) is 77.2 Å². The Kier molecular flexibility index (Phi) is 8.52. The van der Waals surface area contributed by atoms with E-state index in [-0.39, 0.29) is 11.3 Å². The van der Waals surface area contributed by atoms with Crippen molar-refractivity contribution >= 4 is 46.8 Å². The Hall–Kier alpha value is -3.50. The first-order chi connectivity index (χ1) is 15.5. The molecule has 2 amide bonds. The number of thioether (sulfide) groups is 1. The number of thiophene rings is 1. The molecule has 0 aliphatic rings. The SMILES string of the molecule is O=C(N[C@@H](CSCc1ccccc1)C(=O)N/N=C\c1cccs1)c1ccc([N+](=O)[O-])cc1. The van der Waals surface area contributed by atoms with Crippen LogP contribution >= 0.6 is 23.1 Å². The molecule has 2 N–H and O–H groups in total. The molecular formula is C22H20N4O4S2. The van der Waals surface area contributed by atoms with E-state index in [1.165, 1.54) is 53.6 Å². The van der Waals surface area contributed by atoms with Gasteiger partial charge in [-0.05, 0) is 29.1 Å². The molecule has 1 aromatic heterocycles. The fourth-order valence-electron chi connectivity index (χ4n) is 2.63. The van der Waals surface area contributed by atoms with E-state index in [2.05, 4.69) is 15.8 Å². The molecule has 8 nitrogen and oxygen atoms in total. The first-order valence-electron chi connectivity index (χ1n) is 9.56. The number of nitrogens with one attached hydrogen (secondary N) is 2. The smallest absolute Gasteiger partial charge is 0.269 e. The third-order valence-electron chi connectivity index (χ3n) is 4.27. The van der Waals surface area contributed by atoms with E-state index in [1.807, 2.05) is 47.8 Å². The lowest BCUT2D eigenvalue weighted by Crippen LogP contribution is -2.47. The number of carbonyl (C=O) groups excluding carboxylic acids is 2. The Labute approximate surface area is 192 Å². The van der Waals surface area contributed by atoms with Crippen LogP contribution in [-0.4, -0.2) is 34.7 Å². The summed E-state index contributed by atoms with van der Waals surface area (Å²) in [7, 11) is 0. The van der Waals surface area contributed by atoms with Crippen molar-refractivity contribution < 1.29 is 14.5 Å². The highest BCUT2D eigenvalue weighted by Crippen LogP contribution is 2.15. The lowest BCUT2D eigenvalue weighted by Gasteiger charge is -2.17. The molecule has 0 unspecified atom stereocenters. The molecule has 0 spiro atoms. The monoisotopic (exact) mass is 468 g/mol. The zero-order valence-corrected chi connectivity index (χ0v) is 18.5. The van der Waals surface area contributed by atoms with Crippen LogP contribution < -0.4 is 10.7 Å². The average molecular weight is 469 g/mol. The number of carbonyl (C=O) groups is 2. The molecule has 0 fully saturated rings. The third-order valence-corrected chi connectivity index (χ3v) is 6.18. The summed E-state index contributed by atoms with van der Waals surface area (Å²) in [6.45, 7) is 0. The lowest BCUT2D eigenvalue weighted by atomic mass is 10.2. The molecule has 0 bridgehead atoms. The number of amides is 2. The van der Waals surface area contributed by atoms with Gasteiger partial charge in [-0.25, -0.2) is 5.43 Å². The zero-order chi connectivity index (χ0) is 22.8. The molecule has 3 rings (SSSR count). The number of nitro benzene ring substituents is 1. The van der Waals surface area contributed by atoms with Crippen molar-refractivity contribution in [2.75, 3.05) is 5.75 Å². The van der Waals surface area contributed by atoms with Gasteiger partial charge in [0.1, 0.15) is 6.04 Å². The molecule has 2 aromatic carbocycles. The summed E-state index contributed by atoms with van der Waals surface area (Å²) >= 11 is 2.99. The quantitative estimate of drug-likeness (QED) is 0.267. The van der Waals surface area contributed by atoms with Crippen LogP contribution in [0.4, 0.5) is 5.69 Å². The summed E-state index contributed by atoms with van der Waals surface area (Å²) in [6.07, 6.45) is 1.54. The van der Waals surface area contributed by atoms with Gasteiger partial charge in [-0.15, -0.1) is 11.3 Å². The fraction of sp³-hybridized carbons (Fsp3) is 0.136. The van der Waals surface area contributed by atoms with Crippen molar-refractivity contribution in [3.63, 3.8) is 0 Å². The van der Waals surface area contributed by atoms with Crippen LogP contribution in [0.25, 0.3) is 0 Å². The van der Waals surface area contributed by atoms with Gasteiger partial charge in [-0.2, -0.15) is 16.9 Å². The summed E-state index contributed by atoms with van der Waals surface area (Å²) in [5.41, 5.74) is 3.69. The summed E-state index contributed by atoms with van der Waals surface area (Å²) in [5.74, 6) is 0.0565. The topological polar surface area (TPSA) is 114 Å². The maximum Gasteiger partial charge on any atom is 0.269 e. The molecule has 1 atom stereocenters. The first-order valence-corrected chi connectivity index (χ1v) is 11.6. The van der Waals surface area contributed by atoms with Gasteiger partial charge in [-0.1, -0.05) is 36.4 Å². The highest BCUT2D eigenvalue weighted by Gasteiger charge is 2.22. The second-order valence-electron chi connectivity index (χ2n) is 6.58. The standard InChI is InChI=1S/C22H20N4O4S2/c27-21(17-8-10-18(11-9-17)26(29)30)24-20(15-31-14-16-5-2-1-3-6-16)22(28)25-23-13-19-7-4-12-32-19/h1-13,20H,14-15H2,(H,24,27)(H,25,28)/b23-13-/t20-/m0/s1. The highest BCUT2D eigenvalue weighted by atomic mass is 32.2. The lowest BCUT2D eigenvalue weighted by molar-refractivity contribution is -0.384. The number of hydrazone groups is 1. The normalized spacial score (nSPS) is 11.8. The number of non-ortho nitro benzene ring substituents is 1. The highest BCUT2D eigenvalue weighted by molar-refractivity contribution is 7.98. The predicted octanol–water partition coefficient (Wildman–Crippen LogP) is 3.84. The van der Waals surface area contributed by atoms with Crippen molar-refractivity contribution in [1.29, 1.82) is 0 Å². The second kappa shape index (κ2) is 11.8. The van der Waals surface area contributed by atoms with Crippen LogP contribution in [0, 0.1) is 10.1 Å². The molecular weight excluding hydrogens is 448 g/mol. The average Bonchev–Trinajstić information content (AvgIpc) is 3.32. The molecule has 1 heterocycles. The Morgan fingerprint density at radius 3 is 2.50 bits per heavy atom. The Morgan fingerprint density at radius 1 is 1.09 bits per heavy atom. The minimum absolute atomic E-state index is 0.114. The van der Waals surface area contributed by atoms with Crippen LogP contribution in [0.2, 0.25) is 0 Å². The summed E-state index contributed by atoms with van der Waals surface area (Å²) < 4.78 is 0. The van der Waals surface area contributed by atoms with Gasteiger partial charge in [0, 0.05) is 34.1 Å².